The predicted molar refractivity (Wildman–Crippen MR) is 157 cm³/mol. The van der Waals surface area contributed by atoms with Crippen LogP contribution in [-0.4, -0.2) is 60.0 Å². The van der Waals surface area contributed by atoms with Gasteiger partial charge in [0.15, 0.2) is 0 Å². The number of nitrogens with zero attached hydrogens (tertiary/aromatic N) is 3. The number of anilines is 1. The highest BCUT2D eigenvalue weighted by Gasteiger charge is 2.43. The first-order valence-electron chi connectivity index (χ1n) is 13.8. The second-order valence-electron chi connectivity index (χ2n) is 11.1. The van der Waals surface area contributed by atoms with Gasteiger partial charge in [-0.3, -0.25) is 9.78 Å². The van der Waals surface area contributed by atoms with Crippen molar-refractivity contribution in [3.63, 3.8) is 0 Å². The maximum absolute atomic E-state index is 11.8. The number of nitrogens with one attached hydrogen (secondary N) is 2. The molecule has 204 valence electrons. The number of ether oxygens (including phenoxy) is 1. The van der Waals surface area contributed by atoms with E-state index in [2.05, 4.69) is 60.8 Å². The molecule has 2 aliphatic heterocycles. The molecule has 4 unspecified atom stereocenters. The van der Waals surface area contributed by atoms with Crippen molar-refractivity contribution in [3.05, 3.63) is 59.3 Å². The molecule has 2 aliphatic rings. The van der Waals surface area contributed by atoms with Crippen LogP contribution in [0.2, 0.25) is 0 Å². The van der Waals surface area contributed by atoms with E-state index < -0.39 is 0 Å². The number of methoxy groups -OCH3 is 1. The van der Waals surface area contributed by atoms with Gasteiger partial charge in [-0.15, -0.1) is 11.8 Å². The first kappa shape index (κ1) is 27.4. The number of rotatable bonds is 8. The van der Waals surface area contributed by atoms with Crippen LogP contribution in [-0.2, 0) is 17.8 Å². The zero-order chi connectivity index (χ0) is 27.6. The molecule has 0 aliphatic carbocycles. The number of benzene rings is 2. The van der Waals surface area contributed by atoms with Gasteiger partial charge in [0.1, 0.15) is 11.8 Å². The first-order chi connectivity index (χ1) is 18.8. The Hall–Kier alpha value is -3.12. The number of quaternary nitrogens is 1. The van der Waals surface area contributed by atoms with Gasteiger partial charge in [0.2, 0.25) is 5.91 Å². The van der Waals surface area contributed by atoms with E-state index in [0.29, 0.717) is 29.4 Å². The smallest absolute Gasteiger partial charge is 0.234 e. The Morgan fingerprint density at radius 1 is 1.26 bits per heavy atom. The maximum Gasteiger partial charge on any atom is 0.234 e. The van der Waals surface area contributed by atoms with Gasteiger partial charge < -0.3 is 19.9 Å². The number of aromatic nitrogens is 1. The molecule has 1 aromatic heterocycles. The normalized spacial score (nSPS) is 24.6. The largest absolute Gasteiger partial charge is 0.497 e. The summed E-state index contributed by atoms with van der Waals surface area (Å²) in [7, 11) is 4.07. The van der Waals surface area contributed by atoms with Gasteiger partial charge >= 0.3 is 0 Å². The lowest BCUT2D eigenvalue weighted by molar-refractivity contribution is -0.960. The van der Waals surface area contributed by atoms with Crippen LogP contribution in [0.1, 0.15) is 49.8 Å². The average molecular weight is 545 g/mol. The highest BCUT2D eigenvalue weighted by Crippen LogP contribution is 2.35. The molecular formula is C31H38N5O2S+. The molecule has 8 heteroatoms. The molecule has 0 saturated carbocycles. The van der Waals surface area contributed by atoms with E-state index in [4.69, 9.17) is 4.74 Å². The van der Waals surface area contributed by atoms with Crippen molar-refractivity contribution in [2.45, 2.75) is 69.1 Å². The molecule has 0 spiro atoms. The van der Waals surface area contributed by atoms with Crippen molar-refractivity contribution in [1.29, 1.82) is 5.26 Å². The van der Waals surface area contributed by atoms with Crippen LogP contribution in [0.5, 0.6) is 5.75 Å². The summed E-state index contributed by atoms with van der Waals surface area (Å²) in [5, 5.41) is 17.7. The van der Waals surface area contributed by atoms with E-state index >= 15 is 0 Å². The molecule has 3 heterocycles. The topological polar surface area (TPSA) is 87.0 Å². The lowest BCUT2D eigenvalue weighted by Crippen LogP contribution is -2.64. The number of likely N-dealkylation sites (tertiary alicyclic amines) is 1. The molecule has 3 aromatic rings. The summed E-state index contributed by atoms with van der Waals surface area (Å²) in [6.07, 6.45) is 5.86. The lowest BCUT2D eigenvalue weighted by Gasteiger charge is -2.51. The van der Waals surface area contributed by atoms with Crippen molar-refractivity contribution in [2.75, 3.05) is 31.8 Å². The summed E-state index contributed by atoms with van der Waals surface area (Å²) >= 11 is 1.60. The predicted octanol–water partition coefficient (Wildman–Crippen LogP) is 5.27. The number of piperidine rings is 1. The van der Waals surface area contributed by atoms with Crippen LogP contribution in [0.15, 0.2) is 47.5 Å². The second-order valence-corrected chi connectivity index (χ2v) is 12.1. The number of likely N-dealkylation sites (N-methyl/N-ethyl adjacent to an activating group) is 1. The molecule has 1 fully saturated rings. The van der Waals surface area contributed by atoms with E-state index in [-0.39, 0.29) is 5.91 Å². The van der Waals surface area contributed by atoms with E-state index in [1.54, 1.807) is 25.1 Å². The summed E-state index contributed by atoms with van der Waals surface area (Å²) in [6, 6.07) is 16.1. The highest BCUT2D eigenvalue weighted by molar-refractivity contribution is 8.00. The van der Waals surface area contributed by atoms with Gasteiger partial charge in [0.25, 0.3) is 0 Å². The number of carbonyl (C=O) groups is 1. The Labute approximate surface area is 235 Å². The van der Waals surface area contributed by atoms with Gasteiger partial charge in [-0.05, 0) is 54.8 Å². The fourth-order valence-corrected chi connectivity index (χ4v) is 7.19. The van der Waals surface area contributed by atoms with Crippen molar-refractivity contribution in [3.8, 4) is 11.8 Å². The standard InChI is InChI=1S/C31H37N5O2S/c1-5-24-14-23(33-17-21-6-9-30-29(13-21)35-31(37)19-39-30)12-20(2)36(24,3)11-10-26-22(16-32)18-34-28-8-7-25(38-4)15-27(26)28/h6-9,13,15,18,20,23-24,33H,5,10-12,14,17,19H2,1-4H3/p+1. The molecule has 0 radical (unpaired) electrons. The van der Waals surface area contributed by atoms with Gasteiger partial charge in [-0.1, -0.05) is 13.0 Å². The molecule has 0 bridgehead atoms. The van der Waals surface area contributed by atoms with Gasteiger partial charge in [0.05, 0.1) is 55.3 Å². The van der Waals surface area contributed by atoms with E-state index in [0.717, 1.165) is 76.1 Å². The SMILES string of the molecule is CCC1CC(NCc2ccc3c(c2)NC(=O)CS3)CC(C)[N+]1(C)CCc1c(C#N)cnc2ccc(OC)cc12. The molecule has 2 aromatic carbocycles. The minimum absolute atomic E-state index is 0.0716. The number of carbonyl (C=O) groups excluding carboxylic acids is 1. The average Bonchev–Trinajstić information content (AvgIpc) is 2.95. The summed E-state index contributed by atoms with van der Waals surface area (Å²) in [5.41, 5.74) is 4.75. The number of thioether (sulfide) groups is 1. The van der Waals surface area contributed by atoms with Crippen molar-refractivity contribution in [1.82, 2.24) is 10.3 Å². The molecule has 7 nitrogen and oxygen atoms in total. The van der Waals surface area contributed by atoms with Crippen LogP contribution < -0.4 is 15.4 Å². The van der Waals surface area contributed by atoms with E-state index in [1.165, 1.54) is 5.56 Å². The molecular weight excluding hydrogens is 506 g/mol. The zero-order valence-corrected chi connectivity index (χ0v) is 24.1. The van der Waals surface area contributed by atoms with Crippen LogP contribution in [0.4, 0.5) is 5.69 Å². The van der Waals surface area contributed by atoms with Crippen molar-refractivity contribution < 1.29 is 14.0 Å². The van der Waals surface area contributed by atoms with E-state index in [9.17, 15) is 10.1 Å². The Kier molecular flexibility index (Phi) is 8.13. The third kappa shape index (κ3) is 5.62. The Bertz CT molecular complexity index is 1420. The fourth-order valence-electron chi connectivity index (χ4n) is 6.41. The summed E-state index contributed by atoms with van der Waals surface area (Å²) in [4.78, 5) is 17.5. The second kappa shape index (κ2) is 11.5. The maximum atomic E-state index is 11.8. The van der Waals surface area contributed by atoms with Gasteiger partial charge in [-0.2, -0.15) is 5.26 Å². The lowest BCUT2D eigenvalue weighted by atomic mass is 9.86. The Morgan fingerprint density at radius 2 is 2.10 bits per heavy atom. The third-order valence-electron chi connectivity index (χ3n) is 8.92. The van der Waals surface area contributed by atoms with E-state index in [1.807, 2.05) is 18.2 Å². The monoisotopic (exact) mass is 544 g/mol. The quantitative estimate of drug-likeness (QED) is 0.376. The number of pyridine rings is 1. The third-order valence-corrected chi connectivity index (χ3v) is 9.99. The van der Waals surface area contributed by atoms with Crippen LogP contribution in [0, 0.1) is 11.3 Å². The van der Waals surface area contributed by atoms with Crippen LogP contribution in [0.3, 0.4) is 0 Å². The minimum atomic E-state index is 0.0716. The number of hydrogen-bond donors (Lipinski definition) is 2. The van der Waals surface area contributed by atoms with Gasteiger partial charge in [0, 0.05) is 48.3 Å². The molecule has 4 atom stereocenters. The fraction of sp³-hybridized carbons (Fsp3) is 0.452. The molecule has 1 amide bonds. The Balaban J connectivity index is 1.28. The number of hydrogen-bond acceptors (Lipinski definition) is 6. The Morgan fingerprint density at radius 3 is 2.87 bits per heavy atom. The first-order valence-corrected chi connectivity index (χ1v) is 14.8. The summed E-state index contributed by atoms with van der Waals surface area (Å²) < 4.78 is 6.47. The van der Waals surface area contributed by atoms with Crippen molar-refractivity contribution in [2.24, 2.45) is 0 Å². The number of amides is 1. The summed E-state index contributed by atoms with van der Waals surface area (Å²) in [5.74, 6) is 1.35. The number of fused-ring (bicyclic) bond motifs is 2. The molecule has 39 heavy (non-hydrogen) atoms. The molecule has 2 N–H and O–H groups in total. The van der Waals surface area contributed by atoms with Crippen LogP contribution >= 0.6 is 11.8 Å². The number of nitriles is 1. The minimum Gasteiger partial charge on any atom is -0.497 e. The van der Waals surface area contributed by atoms with Gasteiger partial charge in [-0.25, -0.2) is 0 Å². The molecule has 1 saturated heterocycles. The molecule has 5 rings (SSSR count). The van der Waals surface area contributed by atoms with Crippen LogP contribution in [0.25, 0.3) is 10.9 Å². The summed E-state index contributed by atoms with van der Waals surface area (Å²) in [6.45, 7) is 6.44. The zero-order valence-electron chi connectivity index (χ0n) is 23.3. The van der Waals surface area contributed by atoms with Crippen molar-refractivity contribution >= 4 is 34.3 Å². The highest BCUT2D eigenvalue weighted by atomic mass is 32.2.